The predicted molar refractivity (Wildman–Crippen MR) is 45.8 cm³/mol. The summed E-state index contributed by atoms with van der Waals surface area (Å²) in [6, 6.07) is 0. The lowest BCUT2D eigenvalue weighted by Gasteiger charge is -2.31. The van der Waals surface area contributed by atoms with Crippen molar-refractivity contribution in [2.75, 3.05) is 0 Å². The molecule has 0 saturated carbocycles. The Morgan fingerprint density at radius 1 is 1.42 bits per heavy atom. The van der Waals surface area contributed by atoms with Crippen molar-refractivity contribution in [3.05, 3.63) is 12.2 Å². The van der Waals surface area contributed by atoms with E-state index in [1.165, 1.54) is 0 Å². The van der Waals surface area contributed by atoms with Crippen LogP contribution in [-0.2, 0) is 5.21 Å². The number of hydrogen-bond acceptors (Lipinski definition) is 2. The Kier molecular flexibility index (Phi) is 1.87. The van der Waals surface area contributed by atoms with Gasteiger partial charge in [0.25, 0.3) is 0 Å². The van der Waals surface area contributed by atoms with E-state index >= 15 is 0 Å². The van der Waals surface area contributed by atoms with Crippen LogP contribution in [0.2, 0.25) is 0 Å². The highest BCUT2D eigenvalue weighted by Crippen LogP contribution is 2.42. The first-order valence-electron chi connectivity index (χ1n) is 4.07. The zero-order valence-corrected chi connectivity index (χ0v) is 8.09. The van der Waals surface area contributed by atoms with Gasteiger partial charge in [-0.1, -0.05) is 6.58 Å². The normalized spacial score (nSPS) is 34.2. The van der Waals surface area contributed by atoms with Crippen molar-refractivity contribution >= 4 is 0 Å². The van der Waals surface area contributed by atoms with Gasteiger partial charge < -0.3 is 5.11 Å². The van der Waals surface area contributed by atoms with E-state index in [4.69, 9.17) is 0 Å². The Balaban J connectivity index is 3.12. The number of hydroxylamine groups is 2. The summed E-state index contributed by atoms with van der Waals surface area (Å²) in [5, 5.41) is 22.3. The van der Waals surface area contributed by atoms with Crippen LogP contribution in [0.3, 0.4) is 0 Å². The third kappa shape index (κ3) is 0.937. The topological polar surface area (TPSA) is 43.4 Å². The molecule has 12 heavy (non-hydrogen) atoms. The molecule has 1 atom stereocenters. The Bertz CT molecular complexity index is 221. The fourth-order valence-electron chi connectivity index (χ4n) is 1.72. The lowest BCUT2D eigenvalue weighted by atomic mass is 9.92. The zero-order valence-electron chi connectivity index (χ0n) is 8.09. The maximum atomic E-state index is 11.7. The third-order valence-corrected chi connectivity index (χ3v) is 2.82. The van der Waals surface area contributed by atoms with Gasteiger partial charge in [0.05, 0.1) is 17.2 Å². The van der Waals surface area contributed by atoms with E-state index in [2.05, 4.69) is 6.58 Å². The summed E-state index contributed by atoms with van der Waals surface area (Å²) in [6.07, 6.45) is -0.731. The molecule has 1 fully saturated rings. The molecule has 1 rings (SSSR count). The molecule has 1 N–H and O–H groups in total. The van der Waals surface area contributed by atoms with Crippen molar-refractivity contribution in [2.24, 2.45) is 0 Å². The van der Waals surface area contributed by atoms with E-state index < -0.39 is 17.2 Å². The monoisotopic (exact) mass is 170 g/mol. The van der Waals surface area contributed by atoms with Crippen LogP contribution in [0.4, 0.5) is 0 Å². The van der Waals surface area contributed by atoms with Crippen molar-refractivity contribution in [1.82, 2.24) is 5.06 Å². The lowest BCUT2D eigenvalue weighted by Crippen LogP contribution is -2.47. The smallest absolute Gasteiger partial charge is 0.0968 e. The number of rotatable bonds is 0. The summed E-state index contributed by atoms with van der Waals surface area (Å²) in [4.78, 5) is 0. The average molecular weight is 170 g/mol. The van der Waals surface area contributed by atoms with Crippen LogP contribution < -0.4 is 0 Å². The van der Waals surface area contributed by atoms with Gasteiger partial charge in [-0.15, -0.1) is 10.3 Å². The molecule has 0 aromatic rings. The van der Waals surface area contributed by atoms with Crippen LogP contribution in [0, 0.1) is 0 Å². The first-order chi connectivity index (χ1) is 5.22. The molecule has 3 heteroatoms. The van der Waals surface area contributed by atoms with Gasteiger partial charge in [-0.05, 0) is 33.3 Å². The van der Waals surface area contributed by atoms with Crippen LogP contribution in [0.15, 0.2) is 12.2 Å². The van der Waals surface area contributed by atoms with Crippen molar-refractivity contribution < 1.29 is 10.3 Å². The van der Waals surface area contributed by atoms with Gasteiger partial charge in [-0.3, -0.25) is 0 Å². The van der Waals surface area contributed by atoms with E-state index in [1.54, 1.807) is 27.7 Å². The molecule has 0 aromatic heterocycles. The number of aliphatic hydroxyl groups is 1. The Morgan fingerprint density at radius 3 is 1.92 bits per heavy atom. The molecule has 0 spiro atoms. The molecule has 0 aliphatic carbocycles. The molecule has 1 aliphatic heterocycles. The molecule has 1 aliphatic rings. The molecule has 1 heterocycles. The summed E-state index contributed by atoms with van der Waals surface area (Å²) in [7, 11) is 0. The first-order valence-corrected chi connectivity index (χ1v) is 4.07. The van der Waals surface area contributed by atoms with Gasteiger partial charge >= 0.3 is 0 Å². The summed E-state index contributed by atoms with van der Waals surface area (Å²) in [6.45, 7) is 10.8. The minimum Gasteiger partial charge on any atom is -0.387 e. The molecular weight excluding hydrogens is 154 g/mol. The van der Waals surface area contributed by atoms with Crippen molar-refractivity contribution in [1.29, 1.82) is 0 Å². The zero-order chi connectivity index (χ0) is 9.73. The Labute approximate surface area is 73.3 Å². The molecule has 0 bridgehead atoms. The second-order valence-electron chi connectivity index (χ2n) is 4.43. The number of hydrogen-bond donors (Lipinski definition) is 1. The lowest BCUT2D eigenvalue weighted by molar-refractivity contribution is -0.249. The van der Waals surface area contributed by atoms with Crippen LogP contribution in [-0.4, -0.2) is 27.4 Å². The van der Waals surface area contributed by atoms with Crippen LogP contribution in [0.1, 0.15) is 27.7 Å². The fourth-order valence-corrected chi connectivity index (χ4v) is 1.72. The minimum atomic E-state index is -0.749. The van der Waals surface area contributed by atoms with Gasteiger partial charge in [0.15, 0.2) is 0 Å². The van der Waals surface area contributed by atoms with Crippen molar-refractivity contribution in [3.63, 3.8) is 0 Å². The Hall–Kier alpha value is -0.380. The molecule has 1 unspecified atom stereocenters. The summed E-state index contributed by atoms with van der Waals surface area (Å²) in [5.74, 6) is 0. The minimum absolute atomic E-state index is 0.600. The largest absolute Gasteiger partial charge is 0.387 e. The third-order valence-electron chi connectivity index (χ3n) is 2.82. The van der Waals surface area contributed by atoms with Gasteiger partial charge in [0, 0.05) is 0 Å². The van der Waals surface area contributed by atoms with E-state index in [0.29, 0.717) is 5.57 Å². The summed E-state index contributed by atoms with van der Waals surface area (Å²) in [5.41, 5.74) is -0.800. The second kappa shape index (κ2) is 2.31. The van der Waals surface area contributed by atoms with E-state index in [9.17, 15) is 10.3 Å². The second-order valence-corrected chi connectivity index (χ2v) is 4.43. The number of aliphatic hydroxyl groups excluding tert-OH is 1. The predicted octanol–water partition coefficient (Wildman–Crippen LogP) is 1.12. The van der Waals surface area contributed by atoms with E-state index in [1.807, 2.05) is 0 Å². The SMILES string of the molecule is C=C1C(O)C(C)(C)N([O])C1(C)C. The maximum absolute atomic E-state index is 11.7. The highest BCUT2D eigenvalue weighted by Gasteiger charge is 2.54. The molecule has 3 nitrogen and oxygen atoms in total. The van der Waals surface area contributed by atoms with Gasteiger partial charge in [0.1, 0.15) is 0 Å². The first kappa shape index (κ1) is 9.71. The van der Waals surface area contributed by atoms with Crippen LogP contribution in [0.25, 0.3) is 0 Å². The van der Waals surface area contributed by atoms with Gasteiger partial charge in [-0.2, -0.15) is 0 Å². The van der Waals surface area contributed by atoms with Crippen LogP contribution >= 0.6 is 0 Å². The van der Waals surface area contributed by atoms with E-state index in [-0.39, 0.29) is 0 Å². The standard InChI is InChI=1S/C9H16NO2/c1-6-7(11)9(4,5)10(12)8(6,2)3/h7,11H,1H2,2-5H3. The average Bonchev–Trinajstić information content (AvgIpc) is 2.06. The molecule has 69 valence electrons. The fraction of sp³-hybridized carbons (Fsp3) is 0.778. The van der Waals surface area contributed by atoms with Gasteiger partial charge in [-0.25, -0.2) is 0 Å². The Morgan fingerprint density at radius 2 is 1.83 bits per heavy atom. The van der Waals surface area contributed by atoms with Crippen molar-refractivity contribution in [2.45, 2.75) is 44.9 Å². The highest BCUT2D eigenvalue weighted by molar-refractivity contribution is 5.28. The summed E-state index contributed by atoms with van der Waals surface area (Å²) >= 11 is 0. The van der Waals surface area contributed by atoms with E-state index in [0.717, 1.165) is 5.06 Å². The summed E-state index contributed by atoms with van der Waals surface area (Å²) < 4.78 is 0. The highest BCUT2D eigenvalue weighted by atomic mass is 16.5. The molecule has 1 saturated heterocycles. The number of nitrogens with zero attached hydrogens (tertiary/aromatic N) is 1. The molecule has 1 radical (unpaired) electrons. The quantitative estimate of drug-likeness (QED) is 0.554. The maximum Gasteiger partial charge on any atom is 0.0968 e. The molecular formula is C9H16NO2. The van der Waals surface area contributed by atoms with Crippen LogP contribution in [0.5, 0.6) is 0 Å². The molecule has 0 amide bonds. The van der Waals surface area contributed by atoms with Crippen molar-refractivity contribution in [3.8, 4) is 0 Å². The van der Waals surface area contributed by atoms with Gasteiger partial charge in [0.2, 0.25) is 0 Å². The molecule has 0 aromatic carbocycles.